The minimum Gasteiger partial charge on any atom is -0.381 e. The van der Waals surface area contributed by atoms with Crippen LogP contribution in [0.3, 0.4) is 0 Å². The fraction of sp³-hybridized carbons (Fsp3) is 0.538. The predicted octanol–water partition coefficient (Wildman–Crippen LogP) is 3.22. The van der Waals surface area contributed by atoms with Crippen LogP contribution in [0.5, 0.6) is 0 Å². The van der Waals surface area contributed by atoms with Gasteiger partial charge in [0.2, 0.25) is 0 Å². The van der Waals surface area contributed by atoms with Crippen molar-refractivity contribution in [1.29, 1.82) is 0 Å². The molecular formula is C13H18BrF2NO. The smallest absolute Gasteiger partial charge is 0.138 e. The number of hydrogen-bond acceptors (Lipinski definition) is 2. The quantitative estimate of drug-likeness (QED) is 0.836. The summed E-state index contributed by atoms with van der Waals surface area (Å²) in [5.74, 6) is -0.399. The second-order valence-electron chi connectivity index (χ2n) is 4.39. The van der Waals surface area contributed by atoms with Crippen molar-refractivity contribution in [3.8, 4) is 0 Å². The van der Waals surface area contributed by atoms with Gasteiger partial charge in [0.15, 0.2) is 0 Å². The minimum atomic E-state index is -1.57. The topological polar surface area (TPSA) is 35.2 Å². The van der Waals surface area contributed by atoms with Crippen LogP contribution in [-0.4, -0.2) is 25.9 Å². The van der Waals surface area contributed by atoms with E-state index in [1.807, 2.05) is 0 Å². The summed E-state index contributed by atoms with van der Waals surface area (Å²) in [5, 5.41) is 0. The molecule has 1 aromatic carbocycles. The lowest BCUT2D eigenvalue weighted by Gasteiger charge is -2.24. The molecule has 0 amide bonds. The first kappa shape index (κ1) is 15.5. The summed E-state index contributed by atoms with van der Waals surface area (Å²) in [7, 11) is 1.44. The standard InChI is InChI=1S/C13H18BrF2NO/c1-18-9-13(16,5-2-6-17)8-10-7-11(14)3-4-12(10)15/h3-4,7H,2,5-6,8-9,17H2,1H3. The Hall–Kier alpha value is -0.520. The third kappa shape index (κ3) is 4.63. The molecule has 2 N–H and O–H groups in total. The summed E-state index contributed by atoms with van der Waals surface area (Å²) in [6, 6.07) is 4.52. The predicted molar refractivity (Wildman–Crippen MR) is 71.8 cm³/mol. The van der Waals surface area contributed by atoms with Crippen molar-refractivity contribution in [3.63, 3.8) is 0 Å². The normalized spacial score (nSPS) is 14.5. The molecule has 1 unspecified atom stereocenters. The van der Waals surface area contributed by atoms with Gasteiger partial charge in [0, 0.05) is 18.0 Å². The van der Waals surface area contributed by atoms with Gasteiger partial charge in [0.25, 0.3) is 0 Å². The molecule has 0 saturated carbocycles. The van der Waals surface area contributed by atoms with Gasteiger partial charge in [-0.15, -0.1) is 0 Å². The van der Waals surface area contributed by atoms with Crippen molar-refractivity contribution in [3.05, 3.63) is 34.1 Å². The average molecular weight is 322 g/mol. The van der Waals surface area contributed by atoms with Crippen LogP contribution < -0.4 is 5.73 Å². The highest BCUT2D eigenvalue weighted by Crippen LogP contribution is 2.27. The Labute approximate surface area is 115 Å². The highest BCUT2D eigenvalue weighted by atomic mass is 79.9. The monoisotopic (exact) mass is 321 g/mol. The molecule has 2 nitrogen and oxygen atoms in total. The third-order valence-corrected chi connectivity index (χ3v) is 3.24. The first-order chi connectivity index (χ1) is 8.50. The van der Waals surface area contributed by atoms with E-state index in [1.54, 1.807) is 12.1 Å². The van der Waals surface area contributed by atoms with Gasteiger partial charge in [-0.25, -0.2) is 8.78 Å². The zero-order chi connectivity index (χ0) is 13.6. The minimum absolute atomic E-state index is 0.00782. The van der Waals surface area contributed by atoms with Gasteiger partial charge in [0.05, 0.1) is 6.61 Å². The van der Waals surface area contributed by atoms with Crippen LogP contribution in [0.15, 0.2) is 22.7 Å². The Kier molecular flexibility index (Phi) is 6.18. The van der Waals surface area contributed by atoms with E-state index in [0.717, 1.165) is 4.47 Å². The fourth-order valence-electron chi connectivity index (χ4n) is 1.91. The molecule has 0 bridgehead atoms. The van der Waals surface area contributed by atoms with Crippen LogP contribution in [-0.2, 0) is 11.2 Å². The van der Waals surface area contributed by atoms with Crippen LogP contribution in [0.2, 0.25) is 0 Å². The number of benzene rings is 1. The van der Waals surface area contributed by atoms with E-state index in [1.165, 1.54) is 13.2 Å². The summed E-state index contributed by atoms with van der Waals surface area (Å²) in [6.45, 7) is 0.356. The molecule has 0 saturated heterocycles. The number of hydrogen-bond donors (Lipinski definition) is 1. The van der Waals surface area contributed by atoms with Gasteiger partial charge < -0.3 is 10.5 Å². The van der Waals surface area contributed by atoms with Crippen LogP contribution >= 0.6 is 15.9 Å². The molecule has 1 rings (SSSR count). The average Bonchev–Trinajstić information content (AvgIpc) is 2.32. The fourth-order valence-corrected chi connectivity index (χ4v) is 2.32. The number of ether oxygens (including phenoxy) is 1. The van der Waals surface area contributed by atoms with Crippen LogP contribution in [0, 0.1) is 5.82 Å². The highest BCUT2D eigenvalue weighted by molar-refractivity contribution is 9.10. The molecule has 1 atom stereocenters. The molecule has 18 heavy (non-hydrogen) atoms. The van der Waals surface area contributed by atoms with Crippen molar-refractivity contribution >= 4 is 15.9 Å². The largest absolute Gasteiger partial charge is 0.381 e. The lowest BCUT2D eigenvalue weighted by molar-refractivity contribution is 0.0328. The maximum atomic E-state index is 14.6. The second-order valence-corrected chi connectivity index (χ2v) is 5.30. The number of methoxy groups -OCH3 is 1. The number of alkyl halides is 1. The zero-order valence-electron chi connectivity index (χ0n) is 10.4. The molecule has 0 aliphatic heterocycles. The first-order valence-corrected chi connectivity index (χ1v) is 6.62. The van der Waals surface area contributed by atoms with Gasteiger partial charge in [0.1, 0.15) is 11.5 Å². The molecule has 0 aromatic heterocycles. The van der Waals surface area contributed by atoms with Crippen molar-refractivity contribution in [2.75, 3.05) is 20.3 Å². The van der Waals surface area contributed by atoms with Crippen molar-refractivity contribution in [2.45, 2.75) is 24.9 Å². The van der Waals surface area contributed by atoms with E-state index in [2.05, 4.69) is 15.9 Å². The van der Waals surface area contributed by atoms with Gasteiger partial charge in [-0.05, 0) is 43.1 Å². The molecule has 1 aromatic rings. The van der Waals surface area contributed by atoms with Gasteiger partial charge >= 0.3 is 0 Å². The molecule has 0 fully saturated rings. The Bertz CT molecular complexity index is 389. The van der Waals surface area contributed by atoms with Crippen LogP contribution in [0.25, 0.3) is 0 Å². The summed E-state index contributed by atoms with van der Waals surface area (Å²) in [4.78, 5) is 0. The second kappa shape index (κ2) is 7.16. The van der Waals surface area contributed by atoms with E-state index in [0.29, 0.717) is 18.5 Å². The molecule has 0 radical (unpaired) electrons. The van der Waals surface area contributed by atoms with E-state index < -0.39 is 11.5 Å². The molecule has 102 valence electrons. The number of halogens is 3. The van der Waals surface area contributed by atoms with Gasteiger partial charge in [-0.2, -0.15) is 0 Å². The van der Waals surface area contributed by atoms with Crippen LogP contribution in [0.1, 0.15) is 18.4 Å². The van der Waals surface area contributed by atoms with E-state index in [4.69, 9.17) is 10.5 Å². The molecular weight excluding hydrogens is 304 g/mol. The highest BCUT2D eigenvalue weighted by Gasteiger charge is 2.30. The van der Waals surface area contributed by atoms with Crippen molar-refractivity contribution in [1.82, 2.24) is 0 Å². The Morgan fingerprint density at radius 2 is 2.17 bits per heavy atom. The maximum Gasteiger partial charge on any atom is 0.138 e. The number of rotatable bonds is 7. The first-order valence-electron chi connectivity index (χ1n) is 5.82. The van der Waals surface area contributed by atoms with Gasteiger partial charge in [-0.1, -0.05) is 15.9 Å². The molecule has 0 aliphatic rings. The molecule has 0 aliphatic carbocycles. The van der Waals surface area contributed by atoms with Gasteiger partial charge in [-0.3, -0.25) is 0 Å². The maximum absolute atomic E-state index is 14.6. The summed E-state index contributed by atoms with van der Waals surface area (Å²) in [6.07, 6.45) is 0.810. The molecule has 0 spiro atoms. The molecule has 0 heterocycles. The van der Waals surface area contributed by atoms with Crippen LogP contribution in [0.4, 0.5) is 8.78 Å². The zero-order valence-corrected chi connectivity index (χ0v) is 12.0. The lowest BCUT2D eigenvalue weighted by Crippen LogP contribution is -2.32. The molecule has 5 heteroatoms. The Morgan fingerprint density at radius 1 is 1.44 bits per heavy atom. The van der Waals surface area contributed by atoms with E-state index in [9.17, 15) is 8.78 Å². The summed E-state index contributed by atoms with van der Waals surface area (Å²) in [5.41, 5.74) is 4.16. The van der Waals surface area contributed by atoms with Crippen molar-refractivity contribution < 1.29 is 13.5 Å². The van der Waals surface area contributed by atoms with E-state index in [-0.39, 0.29) is 19.4 Å². The number of nitrogens with two attached hydrogens (primary N) is 1. The Morgan fingerprint density at radius 3 is 2.78 bits per heavy atom. The lowest BCUT2D eigenvalue weighted by atomic mass is 9.92. The Balaban J connectivity index is 2.84. The third-order valence-electron chi connectivity index (χ3n) is 2.75. The SMILES string of the molecule is COCC(F)(CCCN)Cc1cc(Br)ccc1F. The van der Waals surface area contributed by atoms with E-state index >= 15 is 0 Å². The summed E-state index contributed by atoms with van der Waals surface area (Å²) >= 11 is 3.26. The van der Waals surface area contributed by atoms with Crippen molar-refractivity contribution in [2.24, 2.45) is 5.73 Å². The summed E-state index contributed by atoms with van der Waals surface area (Å²) < 4.78 is 33.9.